The van der Waals surface area contributed by atoms with Gasteiger partial charge in [0.05, 0.1) is 30.6 Å². The Hall–Kier alpha value is -2.45. The molecule has 1 fully saturated rings. The number of amides is 1. The second-order valence-electron chi connectivity index (χ2n) is 8.74. The minimum Gasteiger partial charge on any atom is -0.444 e. The Labute approximate surface area is 176 Å². The minimum atomic E-state index is -0.656. The molecule has 1 aliphatic rings. The van der Waals surface area contributed by atoms with Crippen LogP contribution >= 0.6 is 0 Å². The Morgan fingerprint density at radius 2 is 1.90 bits per heavy atom. The van der Waals surface area contributed by atoms with Crippen molar-refractivity contribution in [3.8, 4) is 11.3 Å². The molecule has 0 spiro atoms. The maximum atomic E-state index is 13.2. The molecule has 0 saturated carbocycles. The van der Waals surface area contributed by atoms with E-state index in [1.54, 1.807) is 27.8 Å². The van der Waals surface area contributed by atoms with Crippen molar-refractivity contribution in [1.29, 1.82) is 0 Å². The molecule has 7 nitrogen and oxygen atoms in total. The Balaban J connectivity index is 1.60. The Morgan fingerprint density at radius 3 is 2.47 bits per heavy atom. The molecule has 30 heavy (non-hydrogen) atoms. The Bertz CT molecular complexity index is 852. The van der Waals surface area contributed by atoms with Crippen LogP contribution in [-0.4, -0.2) is 55.8 Å². The summed E-state index contributed by atoms with van der Waals surface area (Å²) in [6, 6.07) is 7.73. The lowest BCUT2D eigenvalue weighted by atomic mass is 9.91. The predicted molar refractivity (Wildman–Crippen MR) is 110 cm³/mol. The van der Waals surface area contributed by atoms with Crippen molar-refractivity contribution < 1.29 is 24.1 Å². The summed E-state index contributed by atoms with van der Waals surface area (Å²) < 4.78 is 20.2. The van der Waals surface area contributed by atoms with Crippen molar-refractivity contribution in [2.45, 2.75) is 58.5 Å². The first-order valence-electron chi connectivity index (χ1n) is 10.3. The van der Waals surface area contributed by atoms with E-state index in [9.17, 15) is 19.4 Å². The molecule has 1 aliphatic heterocycles. The number of rotatable bonds is 5. The van der Waals surface area contributed by atoms with Gasteiger partial charge in [-0.25, -0.2) is 9.18 Å². The van der Waals surface area contributed by atoms with Crippen LogP contribution in [0, 0.1) is 11.7 Å². The third-order valence-corrected chi connectivity index (χ3v) is 5.26. The Kier molecular flexibility index (Phi) is 6.77. The molecular formula is C22H30FN3O4. The predicted octanol–water partition coefficient (Wildman–Crippen LogP) is 3.19. The molecule has 164 valence electrons. The van der Waals surface area contributed by atoms with Crippen molar-refractivity contribution in [3.05, 3.63) is 41.8 Å². The van der Waals surface area contributed by atoms with Crippen LogP contribution < -0.4 is 0 Å². The smallest absolute Gasteiger partial charge is 0.410 e. The molecule has 0 bridgehead atoms. The van der Waals surface area contributed by atoms with Crippen LogP contribution in [0.25, 0.3) is 11.3 Å². The van der Waals surface area contributed by atoms with Gasteiger partial charge >= 0.3 is 6.09 Å². The van der Waals surface area contributed by atoms with Crippen LogP contribution in [0.2, 0.25) is 0 Å². The van der Waals surface area contributed by atoms with Crippen LogP contribution in [0.5, 0.6) is 0 Å². The number of aliphatic hydroxyl groups excluding tert-OH is 2. The molecule has 1 amide bonds. The molecule has 0 aliphatic carbocycles. The average molecular weight is 419 g/mol. The zero-order chi connectivity index (χ0) is 21.9. The lowest BCUT2D eigenvalue weighted by molar-refractivity contribution is 0.00484. The van der Waals surface area contributed by atoms with Crippen molar-refractivity contribution in [1.82, 2.24) is 14.7 Å². The molecule has 1 unspecified atom stereocenters. The van der Waals surface area contributed by atoms with Gasteiger partial charge in [-0.1, -0.05) is 0 Å². The third kappa shape index (κ3) is 5.58. The molecule has 0 radical (unpaired) electrons. The molecule has 1 atom stereocenters. The number of nitrogens with zero attached hydrogens (tertiary/aromatic N) is 3. The van der Waals surface area contributed by atoms with E-state index in [0.29, 0.717) is 37.3 Å². The number of aromatic nitrogens is 2. The number of hydrogen-bond donors (Lipinski definition) is 2. The molecule has 1 aromatic carbocycles. The molecule has 8 heteroatoms. The van der Waals surface area contributed by atoms with Crippen molar-refractivity contribution >= 4 is 6.09 Å². The zero-order valence-electron chi connectivity index (χ0n) is 17.7. The number of carbonyl (C=O) groups is 1. The number of carbonyl (C=O) groups excluding carboxylic acids is 1. The number of benzene rings is 1. The van der Waals surface area contributed by atoms with E-state index >= 15 is 0 Å². The van der Waals surface area contributed by atoms with Crippen molar-refractivity contribution in [2.75, 3.05) is 13.1 Å². The summed E-state index contributed by atoms with van der Waals surface area (Å²) >= 11 is 0. The van der Waals surface area contributed by atoms with Gasteiger partial charge in [-0.3, -0.25) is 4.68 Å². The van der Waals surface area contributed by atoms with Gasteiger partial charge in [0.25, 0.3) is 0 Å². The highest BCUT2D eigenvalue weighted by Crippen LogP contribution is 2.25. The van der Waals surface area contributed by atoms with E-state index in [1.807, 2.05) is 20.8 Å². The first-order chi connectivity index (χ1) is 14.2. The summed E-state index contributed by atoms with van der Waals surface area (Å²) in [4.78, 5) is 13.9. The van der Waals surface area contributed by atoms with E-state index in [1.165, 1.54) is 12.1 Å². The largest absolute Gasteiger partial charge is 0.444 e. The van der Waals surface area contributed by atoms with Crippen molar-refractivity contribution in [2.24, 2.45) is 5.92 Å². The van der Waals surface area contributed by atoms with Crippen LogP contribution in [-0.2, 0) is 17.9 Å². The highest BCUT2D eigenvalue weighted by atomic mass is 19.1. The summed E-state index contributed by atoms with van der Waals surface area (Å²) in [7, 11) is 0. The normalized spacial score (nSPS) is 16.5. The van der Waals surface area contributed by atoms with E-state index < -0.39 is 11.7 Å². The number of likely N-dealkylation sites (tertiary alicyclic amines) is 1. The second kappa shape index (κ2) is 9.14. The third-order valence-electron chi connectivity index (χ3n) is 5.26. The molecule has 1 saturated heterocycles. The fourth-order valence-corrected chi connectivity index (χ4v) is 3.62. The van der Waals surface area contributed by atoms with Gasteiger partial charge in [0, 0.05) is 18.7 Å². The fourth-order valence-electron chi connectivity index (χ4n) is 3.62. The minimum absolute atomic E-state index is 0.0219. The van der Waals surface area contributed by atoms with Gasteiger partial charge in [0.15, 0.2) is 0 Å². The molecule has 2 heterocycles. The summed E-state index contributed by atoms with van der Waals surface area (Å²) in [6.07, 6.45) is 0.355. The summed E-state index contributed by atoms with van der Waals surface area (Å²) in [5.41, 5.74) is 1.41. The molecule has 2 N–H and O–H groups in total. The number of halogens is 1. The second-order valence-corrected chi connectivity index (χ2v) is 8.74. The molecule has 2 aromatic rings. The maximum Gasteiger partial charge on any atom is 0.410 e. The van der Waals surface area contributed by atoms with E-state index in [0.717, 1.165) is 5.56 Å². The molecular weight excluding hydrogens is 389 g/mol. The lowest BCUT2D eigenvalue weighted by Gasteiger charge is -2.35. The lowest BCUT2D eigenvalue weighted by Crippen LogP contribution is -2.44. The van der Waals surface area contributed by atoms with Gasteiger partial charge in [-0.15, -0.1) is 0 Å². The van der Waals surface area contributed by atoms with E-state index in [-0.39, 0.29) is 31.0 Å². The number of aliphatic hydroxyl groups is 2. The monoisotopic (exact) mass is 419 g/mol. The summed E-state index contributed by atoms with van der Waals surface area (Å²) in [5.74, 6) is -0.303. The van der Waals surface area contributed by atoms with Crippen LogP contribution in [0.1, 0.15) is 39.3 Å². The number of piperidine rings is 1. The summed E-state index contributed by atoms with van der Waals surface area (Å²) in [6.45, 7) is 6.61. The first kappa shape index (κ1) is 22.2. The first-order valence-corrected chi connectivity index (χ1v) is 10.3. The van der Waals surface area contributed by atoms with Gasteiger partial charge < -0.3 is 19.8 Å². The van der Waals surface area contributed by atoms with Crippen LogP contribution in [0.3, 0.4) is 0 Å². The average Bonchev–Trinajstić information content (AvgIpc) is 3.10. The summed E-state index contributed by atoms with van der Waals surface area (Å²) in [5, 5.41) is 24.9. The fraction of sp³-hybridized carbons (Fsp3) is 0.545. The Morgan fingerprint density at radius 1 is 1.27 bits per heavy atom. The van der Waals surface area contributed by atoms with Gasteiger partial charge in [0.2, 0.25) is 0 Å². The maximum absolute atomic E-state index is 13.2. The quantitative estimate of drug-likeness (QED) is 0.777. The van der Waals surface area contributed by atoms with Crippen molar-refractivity contribution in [3.63, 3.8) is 0 Å². The molecule has 1 aromatic heterocycles. The molecule has 3 rings (SSSR count). The highest BCUT2D eigenvalue weighted by Gasteiger charge is 2.30. The standard InChI is InChI=1S/C22H30FN3O4/c1-22(2,3)30-21(29)25-10-8-16(9-11-25)20(28)13-26-18(14-27)12-19(24-26)15-4-6-17(23)7-5-15/h4-7,12,16,20,27-28H,8-11,13-14H2,1-3H3. The topological polar surface area (TPSA) is 87.8 Å². The van der Waals surface area contributed by atoms with Gasteiger partial charge in [-0.05, 0) is 69.9 Å². The zero-order valence-corrected chi connectivity index (χ0v) is 17.7. The van der Waals surface area contributed by atoms with Crippen LogP contribution in [0.4, 0.5) is 9.18 Å². The van der Waals surface area contributed by atoms with E-state index in [4.69, 9.17) is 4.74 Å². The van der Waals surface area contributed by atoms with Gasteiger partial charge in [-0.2, -0.15) is 5.10 Å². The number of ether oxygens (including phenoxy) is 1. The highest BCUT2D eigenvalue weighted by molar-refractivity contribution is 5.68. The number of hydrogen-bond acceptors (Lipinski definition) is 5. The van der Waals surface area contributed by atoms with E-state index in [2.05, 4.69) is 5.10 Å². The van der Waals surface area contributed by atoms with Crippen LogP contribution in [0.15, 0.2) is 30.3 Å². The van der Waals surface area contributed by atoms with Gasteiger partial charge in [0.1, 0.15) is 11.4 Å². The SMILES string of the molecule is CC(C)(C)OC(=O)N1CCC(C(O)Cn2nc(-c3ccc(F)cc3)cc2CO)CC1.